The smallest absolute Gasteiger partial charge is 0.169 e. The first-order valence-electron chi connectivity index (χ1n) is 6.33. The van der Waals surface area contributed by atoms with Crippen molar-refractivity contribution in [1.82, 2.24) is 0 Å². The Bertz CT molecular complexity index is 586. The van der Waals surface area contributed by atoms with Crippen molar-refractivity contribution in [2.24, 2.45) is 5.73 Å². The number of halogens is 1. The van der Waals surface area contributed by atoms with Gasteiger partial charge in [0.2, 0.25) is 0 Å². The number of hydrogen-bond acceptors (Lipinski definition) is 4. The topological polar surface area (TPSA) is 39.2 Å². The highest BCUT2D eigenvalue weighted by molar-refractivity contribution is 8.07. The Balaban J connectivity index is 1.92. The molecular formula is C14H16FNOS2. The van der Waals surface area contributed by atoms with Crippen molar-refractivity contribution in [3.63, 3.8) is 0 Å². The molecule has 3 rings (SSSR count). The predicted octanol–water partition coefficient (Wildman–Crippen LogP) is 3.81. The molecule has 1 saturated heterocycles. The summed E-state index contributed by atoms with van der Waals surface area (Å²) >= 11 is 3.83. The Kier molecular flexibility index (Phi) is 3.78. The molecule has 1 aliphatic heterocycles. The van der Waals surface area contributed by atoms with Crippen LogP contribution in [0.3, 0.4) is 0 Å². The molecule has 0 saturated carbocycles. The molecule has 1 aromatic carbocycles. The van der Waals surface area contributed by atoms with Gasteiger partial charge in [0, 0.05) is 27.4 Å². The van der Waals surface area contributed by atoms with Gasteiger partial charge in [-0.15, -0.1) is 0 Å². The van der Waals surface area contributed by atoms with Crippen molar-refractivity contribution >= 4 is 34.5 Å². The first-order valence-corrected chi connectivity index (χ1v) is 8.43. The zero-order valence-electron chi connectivity index (χ0n) is 10.6. The lowest BCUT2D eigenvalue weighted by molar-refractivity contribution is 0.470. The molecule has 1 fully saturated rings. The van der Waals surface area contributed by atoms with Gasteiger partial charge in [0.05, 0.1) is 6.04 Å². The van der Waals surface area contributed by atoms with Crippen LogP contribution in [-0.4, -0.2) is 22.0 Å². The Morgan fingerprint density at radius 3 is 2.89 bits per heavy atom. The van der Waals surface area contributed by atoms with Crippen LogP contribution in [0.5, 0.6) is 0 Å². The highest BCUT2D eigenvalue weighted by atomic mass is 32.2. The van der Waals surface area contributed by atoms with Crippen LogP contribution in [0.4, 0.5) is 4.39 Å². The van der Waals surface area contributed by atoms with Gasteiger partial charge in [0.1, 0.15) is 5.76 Å². The summed E-state index contributed by atoms with van der Waals surface area (Å²) < 4.78 is 19.3. The Morgan fingerprint density at radius 2 is 2.16 bits per heavy atom. The second-order valence-corrected chi connectivity index (χ2v) is 7.52. The van der Waals surface area contributed by atoms with Gasteiger partial charge in [-0.05, 0) is 12.1 Å². The molecule has 0 aliphatic carbocycles. The van der Waals surface area contributed by atoms with Gasteiger partial charge in [0.15, 0.2) is 11.4 Å². The third-order valence-corrected chi connectivity index (χ3v) is 6.65. The number of benzene rings is 1. The molecule has 0 radical (unpaired) electrons. The fraction of sp³-hybridized carbons (Fsp3) is 0.429. The van der Waals surface area contributed by atoms with Gasteiger partial charge in [-0.25, -0.2) is 4.39 Å². The minimum absolute atomic E-state index is 0.181. The molecule has 2 aromatic rings. The summed E-state index contributed by atoms with van der Waals surface area (Å²) in [4.78, 5) is 0. The van der Waals surface area contributed by atoms with Crippen molar-refractivity contribution in [3.8, 4) is 0 Å². The summed E-state index contributed by atoms with van der Waals surface area (Å²) in [5, 5.41) is 1.60. The predicted molar refractivity (Wildman–Crippen MR) is 81.3 cm³/mol. The van der Waals surface area contributed by atoms with Crippen molar-refractivity contribution in [3.05, 3.63) is 35.8 Å². The highest BCUT2D eigenvalue weighted by Crippen LogP contribution is 2.38. The van der Waals surface area contributed by atoms with Crippen LogP contribution in [0, 0.1) is 5.82 Å². The molecule has 5 heteroatoms. The highest BCUT2D eigenvalue weighted by Gasteiger charge is 2.31. The second kappa shape index (κ2) is 5.38. The van der Waals surface area contributed by atoms with E-state index in [1.807, 2.05) is 35.7 Å². The third kappa shape index (κ3) is 2.51. The van der Waals surface area contributed by atoms with E-state index in [1.54, 1.807) is 6.07 Å². The Labute approximate surface area is 120 Å². The summed E-state index contributed by atoms with van der Waals surface area (Å²) in [6.45, 7) is 2.20. The molecule has 102 valence electrons. The monoisotopic (exact) mass is 297 g/mol. The quantitative estimate of drug-likeness (QED) is 0.915. The lowest BCUT2D eigenvalue weighted by Crippen LogP contribution is -2.33. The van der Waals surface area contributed by atoms with E-state index >= 15 is 0 Å². The van der Waals surface area contributed by atoms with E-state index in [0.717, 1.165) is 11.1 Å². The maximum Gasteiger partial charge on any atom is 0.169 e. The fourth-order valence-corrected chi connectivity index (χ4v) is 5.27. The Morgan fingerprint density at radius 1 is 1.37 bits per heavy atom. The summed E-state index contributed by atoms with van der Waals surface area (Å²) in [5.41, 5.74) is 6.64. The number of nitrogens with two attached hydrogens (primary N) is 1. The third-order valence-electron chi connectivity index (χ3n) is 3.43. The molecule has 1 aromatic heterocycles. The van der Waals surface area contributed by atoms with Crippen LogP contribution in [0.15, 0.2) is 28.7 Å². The summed E-state index contributed by atoms with van der Waals surface area (Å²) in [7, 11) is 0. The SMILES string of the molecule is CC1SCCSC1C(N)c1cc2cccc(F)c2o1. The molecule has 2 nitrogen and oxygen atoms in total. The normalized spacial score (nSPS) is 25.6. The van der Waals surface area contributed by atoms with E-state index in [1.165, 1.54) is 11.8 Å². The van der Waals surface area contributed by atoms with Crippen molar-refractivity contribution in [2.45, 2.75) is 23.5 Å². The van der Waals surface area contributed by atoms with Gasteiger partial charge in [-0.1, -0.05) is 19.1 Å². The van der Waals surface area contributed by atoms with Crippen LogP contribution in [0.2, 0.25) is 0 Å². The van der Waals surface area contributed by atoms with Crippen LogP contribution >= 0.6 is 23.5 Å². The molecule has 19 heavy (non-hydrogen) atoms. The van der Waals surface area contributed by atoms with Gasteiger partial charge in [0.25, 0.3) is 0 Å². The van der Waals surface area contributed by atoms with Crippen LogP contribution in [0.1, 0.15) is 18.7 Å². The average Bonchev–Trinajstić information content (AvgIpc) is 2.84. The maximum absolute atomic E-state index is 13.6. The zero-order valence-corrected chi connectivity index (χ0v) is 12.3. The largest absolute Gasteiger partial charge is 0.456 e. The zero-order chi connectivity index (χ0) is 13.4. The van der Waals surface area contributed by atoms with E-state index in [-0.39, 0.29) is 11.9 Å². The lowest BCUT2D eigenvalue weighted by Gasteiger charge is -2.31. The summed E-state index contributed by atoms with van der Waals surface area (Å²) in [5.74, 6) is 2.65. The van der Waals surface area contributed by atoms with E-state index in [4.69, 9.17) is 10.2 Å². The van der Waals surface area contributed by atoms with Crippen LogP contribution < -0.4 is 5.73 Å². The molecule has 3 unspecified atom stereocenters. The first kappa shape index (κ1) is 13.3. The summed E-state index contributed by atoms with van der Waals surface area (Å²) in [6.07, 6.45) is 0. The molecule has 0 spiro atoms. The van der Waals surface area contributed by atoms with E-state index in [2.05, 4.69) is 6.92 Å². The van der Waals surface area contributed by atoms with Gasteiger partial charge in [-0.3, -0.25) is 0 Å². The molecule has 1 aliphatic rings. The maximum atomic E-state index is 13.6. The van der Waals surface area contributed by atoms with Crippen molar-refractivity contribution in [1.29, 1.82) is 0 Å². The number of thioether (sulfide) groups is 2. The Hall–Kier alpha value is -0.650. The van der Waals surface area contributed by atoms with Crippen molar-refractivity contribution < 1.29 is 8.81 Å². The summed E-state index contributed by atoms with van der Waals surface area (Å²) in [6, 6.07) is 6.64. The second-order valence-electron chi connectivity index (χ2n) is 4.74. The minimum atomic E-state index is -0.324. The van der Waals surface area contributed by atoms with Gasteiger partial charge >= 0.3 is 0 Å². The average molecular weight is 297 g/mol. The molecule has 0 bridgehead atoms. The van der Waals surface area contributed by atoms with Crippen molar-refractivity contribution in [2.75, 3.05) is 11.5 Å². The molecule has 0 amide bonds. The number of rotatable bonds is 2. The van der Waals surface area contributed by atoms with E-state index in [9.17, 15) is 4.39 Å². The standard InChI is InChI=1S/C14H16FNOS2/c1-8-14(19-6-5-18-8)12(16)11-7-9-3-2-4-10(15)13(9)17-11/h2-4,7-8,12,14H,5-6,16H2,1H3. The fourth-order valence-electron chi connectivity index (χ4n) is 2.42. The lowest BCUT2D eigenvalue weighted by atomic mass is 10.1. The van der Waals surface area contributed by atoms with Gasteiger partial charge < -0.3 is 10.2 Å². The molecule has 3 atom stereocenters. The van der Waals surface area contributed by atoms with Gasteiger partial charge in [-0.2, -0.15) is 23.5 Å². The molecule has 2 heterocycles. The number of fused-ring (bicyclic) bond motifs is 1. The van der Waals surface area contributed by atoms with Crippen LogP contribution in [-0.2, 0) is 0 Å². The van der Waals surface area contributed by atoms with E-state index < -0.39 is 0 Å². The first-order chi connectivity index (χ1) is 9.16. The van der Waals surface area contributed by atoms with E-state index in [0.29, 0.717) is 21.8 Å². The minimum Gasteiger partial charge on any atom is -0.456 e. The van der Waals surface area contributed by atoms with Crippen LogP contribution in [0.25, 0.3) is 11.0 Å². The molecular weight excluding hydrogens is 281 g/mol. The number of hydrogen-bond donors (Lipinski definition) is 1. The number of para-hydroxylation sites is 1. The number of furan rings is 1. The molecule has 2 N–H and O–H groups in total.